The van der Waals surface area contributed by atoms with Crippen molar-refractivity contribution in [2.24, 2.45) is 0 Å². The van der Waals surface area contributed by atoms with Crippen molar-refractivity contribution in [3.63, 3.8) is 0 Å². The van der Waals surface area contributed by atoms with E-state index in [9.17, 15) is 4.79 Å². The van der Waals surface area contributed by atoms with E-state index in [1.54, 1.807) is 0 Å². The van der Waals surface area contributed by atoms with Crippen LogP contribution in [-0.2, 0) is 4.79 Å². The second kappa shape index (κ2) is 6.08. The zero-order valence-corrected chi connectivity index (χ0v) is 13.1. The van der Waals surface area contributed by atoms with Crippen LogP contribution in [0.3, 0.4) is 0 Å². The number of nitrogens with zero attached hydrogens (tertiary/aromatic N) is 2. The lowest BCUT2D eigenvalue weighted by molar-refractivity contribution is -0.138. The number of fused-ring (bicyclic) bond motifs is 1. The van der Waals surface area contributed by atoms with Crippen LogP contribution in [0, 0.1) is 0 Å². The number of hydrogen-bond acceptors (Lipinski definition) is 4. The fraction of sp³-hybridized carbons (Fsp3) is 0.529. The van der Waals surface area contributed by atoms with Crippen molar-refractivity contribution in [3.05, 3.63) is 29.7 Å². The molecular weight excluding hydrogens is 280 g/mol. The van der Waals surface area contributed by atoms with Gasteiger partial charge in [-0.2, -0.15) is 0 Å². The number of rotatable bonds is 4. The Bertz CT molecular complexity index is 670. The minimum atomic E-state index is -0.762. The Kier molecular flexibility index (Phi) is 4.16. The molecule has 1 N–H and O–H groups in total. The number of aromatic nitrogens is 1. The first-order valence-corrected chi connectivity index (χ1v) is 7.87. The molecule has 0 spiro atoms. The Labute approximate surface area is 129 Å². The Morgan fingerprint density at radius 3 is 2.77 bits per heavy atom. The van der Waals surface area contributed by atoms with Crippen molar-refractivity contribution in [1.82, 2.24) is 9.88 Å². The molecule has 2 heterocycles. The van der Waals surface area contributed by atoms with Gasteiger partial charge in [-0.25, -0.2) is 4.98 Å². The van der Waals surface area contributed by atoms with Gasteiger partial charge in [0.15, 0.2) is 11.5 Å². The molecule has 1 fully saturated rings. The molecule has 3 rings (SSSR count). The number of benzene rings is 1. The summed E-state index contributed by atoms with van der Waals surface area (Å²) in [6.07, 6.45) is 1.80. The Hall–Kier alpha value is -1.88. The maximum absolute atomic E-state index is 10.8. The summed E-state index contributed by atoms with van der Waals surface area (Å²) in [4.78, 5) is 17.4. The lowest BCUT2D eigenvalue weighted by Crippen LogP contribution is -2.36. The molecule has 0 aliphatic carbocycles. The van der Waals surface area contributed by atoms with E-state index in [2.05, 4.69) is 31.0 Å². The molecule has 0 unspecified atom stereocenters. The average molecular weight is 302 g/mol. The molecule has 1 aliphatic heterocycles. The minimum absolute atomic E-state index is 0.123. The first-order chi connectivity index (χ1) is 10.5. The Balaban J connectivity index is 1.73. The maximum atomic E-state index is 10.8. The first-order valence-electron chi connectivity index (χ1n) is 7.87. The third-order valence-electron chi connectivity index (χ3n) is 4.39. The zero-order chi connectivity index (χ0) is 15.7. The van der Waals surface area contributed by atoms with Crippen molar-refractivity contribution in [3.8, 4) is 0 Å². The number of carboxylic acid groups (broad SMARTS) is 1. The van der Waals surface area contributed by atoms with Crippen LogP contribution in [0.5, 0.6) is 0 Å². The summed E-state index contributed by atoms with van der Waals surface area (Å²) in [5.74, 6) is 0.802. The van der Waals surface area contributed by atoms with Crippen molar-refractivity contribution in [2.75, 3.05) is 19.6 Å². The molecule has 0 bridgehead atoms. The highest BCUT2D eigenvalue weighted by Gasteiger charge is 2.25. The van der Waals surface area contributed by atoms with Gasteiger partial charge in [-0.15, -0.1) is 0 Å². The van der Waals surface area contributed by atoms with Crippen molar-refractivity contribution < 1.29 is 14.3 Å². The summed E-state index contributed by atoms with van der Waals surface area (Å²) in [6.45, 7) is 6.03. The van der Waals surface area contributed by atoms with Gasteiger partial charge in [0.05, 0.1) is 6.54 Å². The molecule has 0 amide bonds. The number of likely N-dealkylation sites (tertiary alicyclic amines) is 1. The van der Waals surface area contributed by atoms with E-state index in [1.165, 1.54) is 5.56 Å². The summed E-state index contributed by atoms with van der Waals surface area (Å²) >= 11 is 0. The Morgan fingerprint density at radius 2 is 2.14 bits per heavy atom. The molecule has 1 aromatic carbocycles. The lowest BCUT2D eigenvalue weighted by Gasteiger charge is -2.28. The van der Waals surface area contributed by atoms with E-state index in [-0.39, 0.29) is 6.54 Å². The van der Waals surface area contributed by atoms with Crippen LogP contribution in [0.25, 0.3) is 11.1 Å². The molecule has 5 nitrogen and oxygen atoms in total. The monoisotopic (exact) mass is 302 g/mol. The predicted octanol–water partition coefficient (Wildman–Crippen LogP) is 3.22. The van der Waals surface area contributed by atoms with E-state index < -0.39 is 5.97 Å². The summed E-state index contributed by atoms with van der Waals surface area (Å²) < 4.78 is 5.91. The van der Waals surface area contributed by atoms with Gasteiger partial charge in [0.2, 0.25) is 0 Å². The fourth-order valence-corrected chi connectivity index (χ4v) is 3.03. The van der Waals surface area contributed by atoms with E-state index in [4.69, 9.17) is 9.52 Å². The predicted molar refractivity (Wildman–Crippen MR) is 84.1 cm³/mol. The SMILES string of the molecule is CC(C)c1ccc2oc(C3CCN(CC(=O)O)CC3)nc2c1. The zero-order valence-electron chi connectivity index (χ0n) is 13.1. The number of aliphatic carboxylic acids is 1. The van der Waals surface area contributed by atoms with Gasteiger partial charge in [-0.1, -0.05) is 19.9 Å². The molecular formula is C17H22N2O3. The van der Waals surface area contributed by atoms with Gasteiger partial charge in [0.1, 0.15) is 5.52 Å². The second-order valence-corrected chi connectivity index (χ2v) is 6.38. The highest BCUT2D eigenvalue weighted by atomic mass is 16.4. The standard InChI is InChI=1S/C17H22N2O3/c1-11(2)13-3-4-15-14(9-13)18-17(22-15)12-5-7-19(8-6-12)10-16(20)21/h3-4,9,11-12H,5-8,10H2,1-2H3,(H,20,21). The van der Waals surface area contributed by atoms with Gasteiger partial charge >= 0.3 is 5.97 Å². The molecule has 5 heteroatoms. The largest absolute Gasteiger partial charge is 0.480 e. The number of hydrogen-bond donors (Lipinski definition) is 1. The highest BCUT2D eigenvalue weighted by molar-refractivity contribution is 5.73. The number of oxazole rings is 1. The van der Waals surface area contributed by atoms with Gasteiger partial charge in [-0.05, 0) is 49.5 Å². The third-order valence-corrected chi connectivity index (χ3v) is 4.39. The maximum Gasteiger partial charge on any atom is 0.317 e. The molecule has 0 radical (unpaired) electrons. The van der Waals surface area contributed by atoms with Gasteiger partial charge in [0, 0.05) is 5.92 Å². The van der Waals surface area contributed by atoms with E-state index in [0.717, 1.165) is 42.9 Å². The molecule has 1 aromatic heterocycles. The van der Waals surface area contributed by atoms with Crippen LogP contribution < -0.4 is 0 Å². The second-order valence-electron chi connectivity index (χ2n) is 6.38. The van der Waals surface area contributed by atoms with E-state index in [1.807, 2.05) is 11.0 Å². The number of carboxylic acids is 1. The topological polar surface area (TPSA) is 66.6 Å². The smallest absolute Gasteiger partial charge is 0.317 e. The normalized spacial score (nSPS) is 17.4. The molecule has 22 heavy (non-hydrogen) atoms. The number of piperidine rings is 1. The molecule has 0 atom stereocenters. The van der Waals surface area contributed by atoms with Gasteiger partial charge < -0.3 is 9.52 Å². The third kappa shape index (κ3) is 3.14. The number of carbonyl (C=O) groups is 1. The first kappa shape index (κ1) is 15.0. The van der Waals surface area contributed by atoms with Crippen LogP contribution in [0.4, 0.5) is 0 Å². The Morgan fingerprint density at radius 1 is 1.41 bits per heavy atom. The average Bonchev–Trinajstić information content (AvgIpc) is 2.90. The molecule has 1 saturated heterocycles. The fourth-order valence-electron chi connectivity index (χ4n) is 3.03. The molecule has 1 aliphatic rings. The molecule has 2 aromatic rings. The summed E-state index contributed by atoms with van der Waals surface area (Å²) in [6, 6.07) is 6.20. The molecule has 0 saturated carbocycles. The van der Waals surface area contributed by atoms with Crippen molar-refractivity contribution in [2.45, 2.75) is 38.5 Å². The highest BCUT2D eigenvalue weighted by Crippen LogP contribution is 2.30. The van der Waals surface area contributed by atoms with Crippen LogP contribution in [0.1, 0.15) is 50.0 Å². The van der Waals surface area contributed by atoms with Crippen LogP contribution >= 0.6 is 0 Å². The van der Waals surface area contributed by atoms with E-state index >= 15 is 0 Å². The molecule has 118 valence electrons. The quantitative estimate of drug-likeness (QED) is 0.939. The van der Waals surface area contributed by atoms with Crippen LogP contribution in [0.15, 0.2) is 22.6 Å². The van der Waals surface area contributed by atoms with E-state index in [0.29, 0.717) is 11.8 Å². The van der Waals surface area contributed by atoms with Crippen molar-refractivity contribution >= 4 is 17.1 Å². The minimum Gasteiger partial charge on any atom is -0.480 e. The summed E-state index contributed by atoms with van der Waals surface area (Å²) in [5.41, 5.74) is 3.03. The lowest BCUT2D eigenvalue weighted by atomic mass is 9.97. The van der Waals surface area contributed by atoms with Crippen LogP contribution in [-0.4, -0.2) is 40.6 Å². The van der Waals surface area contributed by atoms with Crippen molar-refractivity contribution in [1.29, 1.82) is 0 Å². The van der Waals surface area contributed by atoms with Gasteiger partial charge in [0.25, 0.3) is 0 Å². The summed E-state index contributed by atoms with van der Waals surface area (Å²) in [5, 5.41) is 8.84. The van der Waals surface area contributed by atoms with Gasteiger partial charge in [-0.3, -0.25) is 9.69 Å². The van der Waals surface area contributed by atoms with Crippen LogP contribution in [0.2, 0.25) is 0 Å². The summed E-state index contributed by atoms with van der Waals surface area (Å²) in [7, 11) is 0.